The Balaban J connectivity index is 1.52. The summed E-state index contributed by atoms with van der Waals surface area (Å²) < 4.78 is 0. The number of rotatable bonds is 7. The minimum atomic E-state index is -0.412. The Morgan fingerprint density at radius 3 is 1.67 bits per heavy atom. The third kappa shape index (κ3) is 5.55. The molecule has 2 fully saturated rings. The lowest BCUT2D eigenvalue weighted by Crippen LogP contribution is -2.26. The molecule has 0 saturated heterocycles. The largest absolute Gasteiger partial charge is 0.351 e. The van der Waals surface area contributed by atoms with Crippen molar-refractivity contribution in [3.8, 4) is 0 Å². The molecule has 0 radical (unpaired) electrons. The van der Waals surface area contributed by atoms with E-state index < -0.39 is 4.92 Å². The van der Waals surface area contributed by atoms with Crippen LogP contribution in [0, 0.1) is 10.1 Å². The van der Waals surface area contributed by atoms with Gasteiger partial charge in [0, 0.05) is 29.9 Å². The number of hydrogen-bond acceptors (Lipinski definition) is 8. The molecule has 1 aromatic carbocycles. The van der Waals surface area contributed by atoms with Crippen LogP contribution in [0.15, 0.2) is 24.3 Å². The molecular weight excluding hydrogens is 382 g/mol. The number of nitro groups is 1. The normalized spacial score (nSPS) is 18.0. The van der Waals surface area contributed by atoms with Crippen molar-refractivity contribution in [2.75, 3.05) is 16.0 Å². The number of benzene rings is 1. The first-order chi connectivity index (χ1) is 14.7. The quantitative estimate of drug-likeness (QED) is 0.430. The molecule has 2 aliphatic carbocycles. The molecule has 9 nitrogen and oxygen atoms in total. The van der Waals surface area contributed by atoms with Gasteiger partial charge in [0.25, 0.3) is 5.69 Å². The number of hydrogen-bond donors (Lipinski definition) is 3. The fourth-order valence-electron chi connectivity index (χ4n) is 4.22. The molecule has 2 aliphatic rings. The Morgan fingerprint density at radius 2 is 1.20 bits per heavy atom. The summed E-state index contributed by atoms with van der Waals surface area (Å²) in [6.07, 6.45) is 12.0. The first-order valence-electron chi connectivity index (χ1n) is 11.0. The van der Waals surface area contributed by atoms with Crippen molar-refractivity contribution in [1.82, 2.24) is 15.0 Å². The van der Waals surface area contributed by atoms with Crippen molar-refractivity contribution in [3.05, 3.63) is 34.4 Å². The highest BCUT2D eigenvalue weighted by Gasteiger charge is 2.18. The van der Waals surface area contributed by atoms with E-state index in [1.54, 1.807) is 12.1 Å². The number of nitrogens with zero attached hydrogens (tertiary/aromatic N) is 4. The summed E-state index contributed by atoms with van der Waals surface area (Å²) in [5, 5.41) is 21.0. The fourth-order valence-corrected chi connectivity index (χ4v) is 4.22. The van der Waals surface area contributed by atoms with Gasteiger partial charge in [-0.15, -0.1) is 0 Å². The van der Waals surface area contributed by atoms with Crippen LogP contribution in [0.4, 0.5) is 29.2 Å². The van der Waals surface area contributed by atoms with Gasteiger partial charge in [0.15, 0.2) is 0 Å². The molecule has 0 spiro atoms. The predicted molar refractivity (Wildman–Crippen MR) is 117 cm³/mol. The Bertz CT molecular complexity index is 809. The van der Waals surface area contributed by atoms with E-state index in [1.807, 2.05) is 0 Å². The van der Waals surface area contributed by atoms with Crippen LogP contribution >= 0.6 is 0 Å². The van der Waals surface area contributed by atoms with Gasteiger partial charge in [-0.05, 0) is 37.8 Å². The Kier molecular flexibility index (Phi) is 6.56. The van der Waals surface area contributed by atoms with Crippen molar-refractivity contribution < 1.29 is 4.92 Å². The molecule has 2 saturated carbocycles. The highest BCUT2D eigenvalue weighted by molar-refractivity contribution is 5.57. The van der Waals surface area contributed by atoms with E-state index in [1.165, 1.54) is 50.7 Å². The summed E-state index contributed by atoms with van der Waals surface area (Å²) in [5.74, 6) is 1.56. The number of anilines is 4. The third-order valence-corrected chi connectivity index (χ3v) is 5.85. The van der Waals surface area contributed by atoms with E-state index in [0.29, 0.717) is 35.6 Å². The van der Waals surface area contributed by atoms with Gasteiger partial charge in [0.2, 0.25) is 17.8 Å². The lowest BCUT2D eigenvalue weighted by molar-refractivity contribution is -0.384. The molecule has 0 amide bonds. The molecule has 3 N–H and O–H groups in total. The van der Waals surface area contributed by atoms with Gasteiger partial charge >= 0.3 is 0 Å². The zero-order valence-electron chi connectivity index (χ0n) is 17.1. The first-order valence-corrected chi connectivity index (χ1v) is 11.0. The summed E-state index contributed by atoms with van der Waals surface area (Å²) in [5.41, 5.74) is 0.745. The Labute approximate surface area is 176 Å². The molecule has 0 aliphatic heterocycles. The summed E-state index contributed by atoms with van der Waals surface area (Å²) in [4.78, 5) is 24.2. The maximum atomic E-state index is 10.9. The van der Waals surface area contributed by atoms with Crippen molar-refractivity contribution in [3.63, 3.8) is 0 Å². The van der Waals surface area contributed by atoms with Gasteiger partial charge < -0.3 is 16.0 Å². The van der Waals surface area contributed by atoms with E-state index in [0.717, 1.165) is 25.7 Å². The van der Waals surface area contributed by atoms with Crippen LogP contribution in [0.3, 0.4) is 0 Å². The topological polar surface area (TPSA) is 118 Å². The Hall–Kier alpha value is -2.97. The third-order valence-electron chi connectivity index (χ3n) is 5.85. The molecule has 4 rings (SSSR count). The minimum Gasteiger partial charge on any atom is -0.351 e. The summed E-state index contributed by atoms with van der Waals surface area (Å²) in [6, 6.07) is 7.01. The number of nitro benzene ring substituents is 1. The highest BCUT2D eigenvalue weighted by atomic mass is 16.6. The first kappa shape index (κ1) is 20.3. The zero-order valence-corrected chi connectivity index (χ0v) is 17.1. The zero-order chi connectivity index (χ0) is 20.8. The van der Waals surface area contributed by atoms with Gasteiger partial charge in [-0.2, -0.15) is 15.0 Å². The van der Waals surface area contributed by atoms with Crippen LogP contribution in [0.25, 0.3) is 0 Å². The van der Waals surface area contributed by atoms with Gasteiger partial charge in [-0.3, -0.25) is 10.1 Å². The van der Waals surface area contributed by atoms with Crippen LogP contribution < -0.4 is 16.0 Å². The van der Waals surface area contributed by atoms with Crippen LogP contribution in [-0.4, -0.2) is 32.0 Å². The molecule has 0 atom stereocenters. The van der Waals surface area contributed by atoms with Crippen molar-refractivity contribution >= 4 is 29.2 Å². The van der Waals surface area contributed by atoms with Crippen LogP contribution in [0.2, 0.25) is 0 Å². The van der Waals surface area contributed by atoms with Crippen molar-refractivity contribution in [1.29, 1.82) is 0 Å². The second-order valence-electron chi connectivity index (χ2n) is 8.19. The molecule has 160 valence electrons. The van der Waals surface area contributed by atoms with Gasteiger partial charge in [0.05, 0.1) is 4.92 Å². The highest BCUT2D eigenvalue weighted by Crippen LogP contribution is 2.25. The molecule has 1 aromatic heterocycles. The fraction of sp³-hybridized carbons (Fsp3) is 0.571. The SMILES string of the molecule is O=[N+]([O-])c1ccc(Nc2nc(NC3CCCCC3)nc(NC3CCCCC3)n2)cc1. The molecule has 2 aromatic rings. The second kappa shape index (κ2) is 9.69. The molecule has 9 heteroatoms. The summed E-state index contributed by atoms with van der Waals surface area (Å²) >= 11 is 0. The van der Waals surface area contributed by atoms with Crippen LogP contribution in [0.5, 0.6) is 0 Å². The molecular formula is C21H29N7O2. The van der Waals surface area contributed by atoms with E-state index in [2.05, 4.69) is 30.9 Å². The lowest BCUT2D eigenvalue weighted by Gasteiger charge is -2.25. The number of aromatic nitrogens is 3. The summed E-state index contributed by atoms with van der Waals surface area (Å²) in [6.45, 7) is 0. The minimum absolute atomic E-state index is 0.0514. The molecule has 30 heavy (non-hydrogen) atoms. The average Bonchev–Trinajstić information content (AvgIpc) is 2.75. The number of non-ortho nitro benzene ring substituents is 1. The molecule has 0 unspecified atom stereocenters. The maximum absolute atomic E-state index is 10.9. The summed E-state index contributed by atoms with van der Waals surface area (Å²) in [7, 11) is 0. The van der Waals surface area contributed by atoms with Crippen molar-refractivity contribution in [2.45, 2.75) is 76.3 Å². The monoisotopic (exact) mass is 411 g/mol. The van der Waals surface area contributed by atoms with Crippen LogP contribution in [0.1, 0.15) is 64.2 Å². The van der Waals surface area contributed by atoms with E-state index in [9.17, 15) is 10.1 Å². The smallest absolute Gasteiger partial charge is 0.269 e. The Morgan fingerprint density at radius 1 is 0.733 bits per heavy atom. The maximum Gasteiger partial charge on any atom is 0.269 e. The molecule has 0 bridgehead atoms. The predicted octanol–water partition coefficient (Wildman–Crippen LogP) is 5.01. The van der Waals surface area contributed by atoms with Gasteiger partial charge in [-0.1, -0.05) is 38.5 Å². The van der Waals surface area contributed by atoms with E-state index in [-0.39, 0.29) is 5.69 Å². The van der Waals surface area contributed by atoms with E-state index in [4.69, 9.17) is 0 Å². The second-order valence-corrected chi connectivity index (χ2v) is 8.19. The average molecular weight is 412 g/mol. The van der Waals surface area contributed by atoms with E-state index >= 15 is 0 Å². The lowest BCUT2D eigenvalue weighted by atomic mass is 9.96. The van der Waals surface area contributed by atoms with Gasteiger partial charge in [0.1, 0.15) is 0 Å². The van der Waals surface area contributed by atoms with Gasteiger partial charge in [-0.25, -0.2) is 0 Å². The van der Waals surface area contributed by atoms with Crippen LogP contribution in [-0.2, 0) is 0 Å². The standard InChI is InChI=1S/C21H29N7O2/c29-28(30)18-13-11-17(12-14-18)24-21-26-19(22-15-7-3-1-4-8-15)25-20(27-21)23-16-9-5-2-6-10-16/h11-16H,1-10H2,(H3,22,23,24,25,26,27). The van der Waals surface area contributed by atoms with Crippen molar-refractivity contribution in [2.24, 2.45) is 0 Å². The number of nitrogens with one attached hydrogen (secondary N) is 3. The molecule has 1 heterocycles.